The highest BCUT2D eigenvalue weighted by atomic mass is 79.9. The fraction of sp³-hybridized carbons (Fsp3) is 0.320. The number of ether oxygens (including phenoxy) is 3. The molecule has 0 bridgehead atoms. The number of thioether (sulfide) groups is 1. The molecule has 2 heterocycles. The van der Waals surface area contributed by atoms with Gasteiger partial charge in [-0.05, 0) is 59.3 Å². The van der Waals surface area contributed by atoms with Gasteiger partial charge in [-0.2, -0.15) is 4.98 Å². The molecule has 190 valence electrons. The Morgan fingerprint density at radius 2 is 2.03 bits per heavy atom. The third kappa shape index (κ3) is 5.22. The minimum absolute atomic E-state index is 0.0231. The maximum atomic E-state index is 14.1. The molecule has 0 saturated carbocycles. The first kappa shape index (κ1) is 26.0. The second-order valence-electron chi connectivity index (χ2n) is 7.80. The van der Waals surface area contributed by atoms with Gasteiger partial charge in [0.15, 0.2) is 11.5 Å². The molecule has 0 saturated heterocycles. The molecule has 11 heteroatoms. The van der Waals surface area contributed by atoms with Crippen LogP contribution in [0.3, 0.4) is 0 Å². The van der Waals surface area contributed by atoms with Crippen LogP contribution in [-0.4, -0.2) is 40.2 Å². The number of esters is 1. The van der Waals surface area contributed by atoms with Crippen LogP contribution in [0.25, 0.3) is 0 Å². The van der Waals surface area contributed by atoms with Gasteiger partial charge < -0.3 is 19.5 Å². The van der Waals surface area contributed by atoms with E-state index in [1.54, 1.807) is 35.9 Å². The summed E-state index contributed by atoms with van der Waals surface area (Å²) in [6.07, 6.45) is 0. The Balaban J connectivity index is 1.79. The number of hydrogen-bond acceptors (Lipinski definition) is 8. The van der Waals surface area contributed by atoms with Gasteiger partial charge in [-0.1, -0.05) is 36.9 Å². The number of allylic oxidation sites excluding steroid dienone is 1. The van der Waals surface area contributed by atoms with E-state index in [2.05, 4.69) is 31.3 Å². The molecule has 1 aliphatic rings. The van der Waals surface area contributed by atoms with E-state index >= 15 is 0 Å². The number of carbonyl (C=O) groups excluding carboxylic acids is 1. The van der Waals surface area contributed by atoms with E-state index in [9.17, 15) is 9.18 Å². The molecular formula is C25H26BrFN4O4S. The summed E-state index contributed by atoms with van der Waals surface area (Å²) in [7, 11) is 1.34. The molecule has 1 atom stereocenters. The second-order valence-corrected chi connectivity index (χ2v) is 9.88. The number of nitrogens with one attached hydrogen (secondary N) is 1. The van der Waals surface area contributed by atoms with E-state index in [1.165, 1.54) is 24.9 Å². The van der Waals surface area contributed by atoms with Gasteiger partial charge in [0.25, 0.3) is 0 Å². The first-order valence-corrected chi connectivity index (χ1v) is 13.1. The first-order valence-electron chi connectivity index (χ1n) is 11.4. The number of rotatable bonds is 9. The van der Waals surface area contributed by atoms with Crippen molar-refractivity contribution in [3.05, 3.63) is 69.1 Å². The predicted molar refractivity (Wildman–Crippen MR) is 139 cm³/mol. The van der Waals surface area contributed by atoms with Gasteiger partial charge in [-0.15, -0.1) is 5.10 Å². The Morgan fingerprint density at radius 3 is 2.72 bits per heavy atom. The third-order valence-corrected chi connectivity index (χ3v) is 6.80. The van der Waals surface area contributed by atoms with Crippen LogP contribution < -0.4 is 14.8 Å². The standard InChI is InChI=1S/C25H26BrFN4O4S/c1-5-34-19-12-16(11-17(26)22(19)35-13-15-9-7-8-10-18(15)27)21-20(23(32)33-4)14(3)28-24-29-25(36-6-2)30-31(21)24/h7-12,21H,5-6,13H2,1-4H3,(H,28,29,30). The summed E-state index contributed by atoms with van der Waals surface area (Å²) >= 11 is 5.09. The molecule has 1 aliphatic heterocycles. The van der Waals surface area contributed by atoms with Crippen molar-refractivity contribution in [2.45, 2.75) is 38.6 Å². The molecule has 1 aromatic heterocycles. The number of hydrogen-bond donors (Lipinski definition) is 1. The van der Waals surface area contributed by atoms with E-state index in [1.807, 2.05) is 19.9 Å². The summed E-state index contributed by atoms with van der Waals surface area (Å²) in [5.74, 6) is 1.38. The molecule has 4 rings (SSSR count). The Bertz CT molecular complexity index is 1310. The topological polar surface area (TPSA) is 87.5 Å². The number of benzene rings is 2. The number of methoxy groups -OCH3 is 1. The van der Waals surface area contributed by atoms with Crippen molar-refractivity contribution in [2.75, 3.05) is 24.8 Å². The molecule has 0 spiro atoms. The Kier molecular flexibility index (Phi) is 8.20. The van der Waals surface area contributed by atoms with Crippen molar-refractivity contribution >= 4 is 39.6 Å². The summed E-state index contributed by atoms with van der Waals surface area (Å²) in [6.45, 7) is 6.08. The number of fused-ring (bicyclic) bond motifs is 1. The summed E-state index contributed by atoms with van der Waals surface area (Å²) < 4.78 is 33.4. The van der Waals surface area contributed by atoms with Crippen molar-refractivity contribution in [3.63, 3.8) is 0 Å². The van der Waals surface area contributed by atoms with Crippen molar-refractivity contribution < 1.29 is 23.4 Å². The minimum atomic E-state index is -0.622. The fourth-order valence-electron chi connectivity index (χ4n) is 3.92. The van der Waals surface area contributed by atoms with Crippen molar-refractivity contribution in [2.24, 2.45) is 0 Å². The van der Waals surface area contributed by atoms with Gasteiger partial charge in [0.05, 0.1) is 23.8 Å². The van der Waals surface area contributed by atoms with Crippen LogP contribution in [-0.2, 0) is 16.1 Å². The van der Waals surface area contributed by atoms with Crippen LogP contribution in [0, 0.1) is 5.82 Å². The fourth-order valence-corrected chi connectivity index (χ4v) is 5.05. The van der Waals surface area contributed by atoms with Gasteiger partial charge >= 0.3 is 5.97 Å². The second kappa shape index (κ2) is 11.3. The summed E-state index contributed by atoms with van der Waals surface area (Å²) in [4.78, 5) is 17.4. The molecule has 36 heavy (non-hydrogen) atoms. The minimum Gasteiger partial charge on any atom is -0.490 e. The van der Waals surface area contributed by atoms with Crippen LogP contribution in [0.15, 0.2) is 57.3 Å². The number of halogens is 2. The van der Waals surface area contributed by atoms with Gasteiger partial charge in [0.2, 0.25) is 11.1 Å². The highest BCUT2D eigenvalue weighted by Crippen LogP contribution is 2.43. The monoisotopic (exact) mass is 576 g/mol. The zero-order valence-electron chi connectivity index (χ0n) is 20.3. The van der Waals surface area contributed by atoms with E-state index < -0.39 is 12.0 Å². The Labute approximate surface area is 221 Å². The zero-order chi connectivity index (χ0) is 25.8. The molecule has 0 radical (unpaired) electrons. The lowest BCUT2D eigenvalue weighted by Crippen LogP contribution is -2.29. The highest BCUT2D eigenvalue weighted by molar-refractivity contribution is 9.10. The maximum Gasteiger partial charge on any atom is 0.338 e. The summed E-state index contributed by atoms with van der Waals surface area (Å²) in [5, 5.41) is 8.41. The van der Waals surface area contributed by atoms with Crippen LogP contribution in [0.4, 0.5) is 10.3 Å². The maximum absolute atomic E-state index is 14.1. The summed E-state index contributed by atoms with van der Waals surface area (Å²) in [5.41, 5.74) is 2.16. The highest BCUT2D eigenvalue weighted by Gasteiger charge is 2.36. The van der Waals surface area contributed by atoms with Gasteiger partial charge in [-0.25, -0.2) is 13.9 Å². The predicted octanol–water partition coefficient (Wildman–Crippen LogP) is 5.73. The molecule has 0 amide bonds. The van der Waals surface area contributed by atoms with Crippen LogP contribution in [0.5, 0.6) is 11.5 Å². The molecule has 0 fully saturated rings. The number of carbonyl (C=O) groups is 1. The van der Waals surface area contributed by atoms with E-state index in [-0.39, 0.29) is 12.4 Å². The number of nitrogens with zero attached hydrogens (tertiary/aromatic N) is 3. The first-order chi connectivity index (χ1) is 17.4. The van der Waals surface area contributed by atoms with Crippen molar-refractivity contribution in [3.8, 4) is 11.5 Å². The molecule has 1 N–H and O–H groups in total. The SMILES string of the molecule is CCOc1cc(C2C(C(=O)OC)=C(C)Nc3nc(SCC)nn32)cc(Br)c1OCc1ccccc1F. The lowest BCUT2D eigenvalue weighted by Gasteiger charge is -2.28. The lowest BCUT2D eigenvalue weighted by molar-refractivity contribution is -0.136. The molecule has 2 aromatic carbocycles. The molecule has 3 aromatic rings. The zero-order valence-corrected chi connectivity index (χ0v) is 22.7. The van der Waals surface area contributed by atoms with Gasteiger partial charge in [0.1, 0.15) is 18.5 Å². The lowest BCUT2D eigenvalue weighted by atomic mass is 9.95. The van der Waals surface area contributed by atoms with Crippen LogP contribution >= 0.6 is 27.7 Å². The molecule has 0 aliphatic carbocycles. The Hall–Kier alpha value is -3.05. The molecular weight excluding hydrogens is 551 g/mol. The molecule has 8 nitrogen and oxygen atoms in total. The quantitative estimate of drug-likeness (QED) is 0.255. The van der Waals surface area contributed by atoms with Crippen LogP contribution in [0.2, 0.25) is 0 Å². The van der Waals surface area contributed by atoms with E-state index in [0.29, 0.717) is 56.1 Å². The van der Waals surface area contributed by atoms with Gasteiger partial charge in [-0.3, -0.25) is 0 Å². The molecule has 1 unspecified atom stereocenters. The van der Waals surface area contributed by atoms with Crippen molar-refractivity contribution in [1.29, 1.82) is 0 Å². The third-order valence-electron chi connectivity index (χ3n) is 5.49. The largest absolute Gasteiger partial charge is 0.490 e. The van der Waals surface area contributed by atoms with Gasteiger partial charge in [0, 0.05) is 11.3 Å². The normalized spacial score (nSPS) is 14.8. The Morgan fingerprint density at radius 1 is 1.25 bits per heavy atom. The number of anilines is 1. The van der Waals surface area contributed by atoms with E-state index in [4.69, 9.17) is 14.2 Å². The average Bonchev–Trinajstić information content (AvgIpc) is 3.25. The smallest absolute Gasteiger partial charge is 0.338 e. The van der Waals surface area contributed by atoms with Crippen LogP contribution in [0.1, 0.15) is 37.9 Å². The van der Waals surface area contributed by atoms with E-state index in [0.717, 1.165) is 5.75 Å². The number of aromatic nitrogens is 3. The summed E-state index contributed by atoms with van der Waals surface area (Å²) in [6, 6.07) is 9.46. The average molecular weight is 577 g/mol. The van der Waals surface area contributed by atoms with Crippen molar-refractivity contribution in [1.82, 2.24) is 14.8 Å².